The molecule has 2 aliphatic rings. The summed E-state index contributed by atoms with van der Waals surface area (Å²) in [5.74, 6) is -0.965. The number of allylic oxidation sites excluding steroid dienone is 2. The Labute approximate surface area is 198 Å². The fourth-order valence-corrected chi connectivity index (χ4v) is 37.1. The average molecular weight is 523 g/mol. The third-order valence-corrected chi connectivity index (χ3v) is 56.5. The van der Waals surface area contributed by atoms with Gasteiger partial charge in [0.05, 0.1) is 0 Å². The zero-order valence-corrected chi connectivity index (χ0v) is 25.3. The van der Waals surface area contributed by atoms with Crippen molar-refractivity contribution in [3.8, 4) is 0 Å². The van der Waals surface area contributed by atoms with Gasteiger partial charge in [0.15, 0.2) is 0 Å². The Balaban J connectivity index is 2.02. The Morgan fingerprint density at radius 2 is 1.06 bits per heavy atom. The Morgan fingerprint density at radius 3 is 1.38 bits per heavy atom. The van der Waals surface area contributed by atoms with Gasteiger partial charge >= 0.3 is 200 Å². The molecule has 0 N–H and O–H groups in total. The van der Waals surface area contributed by atoms with Crippen molar-refractivity contribution < 1.29 is 17.9 Å². The van der Waals surface area contributed by atoms with E-state index in [-0.39, 0.29) is 0 Å². The van der Waals surface area contributed by atoms with E-state index in [1.54, 1.807) is 44.5 Å². The molecule has 0 saturated carbocycles. The quantitative estimate of drug-likeness (QED) is 0.318. The van der Waals surface area contributed by atoms with Crippen LogP contribution in [0.5, 0.6) is 0 Å². The van der Waals surface area contributed by atoms with Crippen LogP contribution in [-0.2, 0) is 30.8 Å². The van der Waals surface area contributed by atoms with E-state index in [2.05, 4.69) is 98.6 Å². The molecule has 0 fully saturated rings. The van der Waals surface area contributed by atoms with E-state index in [9.17, 15) is 0 Å². The molecule has 4 rings (SSSR count). The number of hydrogen-bond acceptors (Lipinski definition) is 0. The van der Waals surface area contributed by atoms with Crippen molar-refractivity contribution in [2.24, 2.45) is 0 Å². The van der Waals surface area contributed by atoms with Crippen molar-refractivity contribution in [1.29, 1.82) is 0 Å². The van der Waals surface area contributed by atoms with Crippen LogP contribution < -0.4 is 0 Å². The van der Waals surface area contributed by atoms with Crippen molar-refractivity contribution in [2.75, 3.05) is 0 Å². The summed E-state index contributed by atoms with van der Waals surface area (Å²) < 4.78 is 7.18. The summed E-state index contributed by atoms with van der Waals surface area (Å²) in [5, 5.41) is 0. The molecular formula is C30H43SiZr. The fourth-order valence-electron chi connectivity index (χ4n) is 7.27. The Hall–Kier alpha value is -0.980. The van der Waals surface area contributed by atoms with Crippen molar-refractivity contribution in [3.05, 3.63) is 80.9 Å². The number of fused-ring (bicyclic) bond motifs is 2. The second-order valence-corrected chi connectivity index (χ2v) is 49.3. The van der Waals surface area contributed by atoms with Crippen LogP contribution in [0.1, 0.15) is 81.2 Å². The Bertz CT molecular complexity index is 1020. The van der Waals surface area contributed by atoms with E-state index in [0.29, 0.717) is 7.25 Å². The van der Waals surface area contributed by atoms with Crippen LogP contribution in [-0.4, -0.2) is 5.92 Å². The van der Waals surface area contributed by atoms with Crippen molar-refractivity contribution in [2.45, 2.75) is 83.0 Å². The molecule has 2 atom stereocenters. The van der Waals surface area contributed by atoms with E-state index < -0.39 is 23.9 Å². The summed E-state index contributed by atoms with van der Waals surface area (Å²) in [6, 6.07) is 14.4. The van der Waals surface area contributed by atoms with E-state index >= 15 is 0 Å². The van der Waals surface area contributed by atoms with Crippen LogP contribution in [0.15, 0.2) is 47.5 Å². The summed E-state index contributed by atoms with van der Waals surface area (Å²) in [7, 11) is 0. The molecule has 2 aromatic rings. The van der Waals surface area contributed by atoms with Crippen LogP contribution in [0.2, 0.25) is 22.4 Å². The molecule has 32 heavy (non-hydrogen) atoms. The van der Waals surface area contributed by atoms with Crippen LogP contribution in [0, 0.1) is 0 Å². The van der Waals surface area contributed by atoms with Gasteiger partial charge in [-0.15, -0.1) is 0 Å². The van der Waals surface area contributed by atoms with E-state index in [0.717, 1.165) is 12.8 Å². The first-order chi connectivity index (χ1) is 15.2. The van der Waals surface area contributed by atoms with Gasteiger partial charge in [0, 0.05) is 0 Å². The monoisotopic (exact) mass is 521 g/mol. The molecule has 2 unspecified atom stereocenters. The summed E-state index contributed by atoms with van der Waals surface area (Å²) >= 11 is -3.42. The molecule has 0 heterocycles. The third kappa shape index (κ3) is 3.31. The van der Waals surface area contributed by atoms with Gasteiger partial charge in [0.25, 0.3) is 0 Å². The molecule has 0 amide bonds. The summed E-state index contributed by atoms with van der Waals surface area (Å²) in [6.45, 7) is 14.9. The third-order valence-electron chi connectivity index (χ3n) is 9.70. The predicted molar refractivity (Wildman–Crippen MR) is 144 cm³/mol. The van der Waals surface area contributed by atoms with Gasteiger partial charge in [-0.1, -0.05) is 0 Å². The van der Waals surface area contributed by atoms with Crippen LogP contribution in [0.25, 0.3) is 12.2 Å². The van der Waals surface area contributed by atoms with Gasteiger partial charge in [-0.2, -0.15) is 0 Å². The van der Waals surface area contributed by atoms with Gasteiger partial charge in [-0.05, 0) is 0 Å². The van der Waals surface area contributed by atoms with Crippen LogP contribution in [0.4, 0.5) is 0 Å². The number of aryl methyl sites for hydroxylation is 2. The molecular weight excluding hydrogens is 480 g/mol. The second-order valence-electron chi connectivity index (χ2n) is 11.4. The second kappa shape index (κ2) is 8.66. The van der Waals surface area contributed by atoms with Crippen molar-refractivity contribution in [1.82, 2.24) is 0 Å². The van der Waals surface area contributed by atoms with Crippen molar-refractivity contribution in [3.63, 3.8) is 0 Å². The van der Waals surface area contributed by atoms with E-state index in [1.165, 1.54) is 12.8 Å². The first-order valence-electron chi connectivity index (χ1n) is 13.1. The van der Waals surface area contributed by atoms with Gasteiger partial charge in [0.2, 0.25) is 0 Å². The SMILES string of the molecule is CCC1=Cc2c(CC)cccc2[CH]1[Zr]([CH3])([CH3])([CH]1C(CC)=Cc2c(CC)cccc21)[SiH](C)C. The Kier molecular flexibility index (Phi) is 6.54. The number of benzene rings is 2. The molecule has 0 aliphatic heterocycles. The van der Waals surface area contributed by atoms with Crippen LogP contribution >= 0.6 is 0 Å². The minimum absolute atomic E-state index is 0.700. The summed E-state index contributed by atoms with van der Waals surface area (Å²) in [5.41, 5.74) is 13.1. The number of hydrogen-bond donors (Lipinski definition) is 0. The van der Waals surface area contributed by atoms with Gasteiger partial charge < -0.3 is 0 Å². The Morgan fingerprint density at radius 1 is 0.656 bits per heavy atom. The topological polar surface area (TPSA) is 0 Å². The van der Waals surface area contributed by atoms with E-state index in [1.807, 2.05) is 0 Å². The minimum atomic E-state index is -3.42. The van der Waals surface area contributed by atoms with Crippen LogP contribution in [0.3, 0.4) is 0 Å². The number of rotatable bonds is 7. The maximum atomic E-state index is 2.89. The molecule has 2 aromatic carbocycles. The normalized spacial score (nSPS) is 21.1. The molecule has 0 nitrogen and oxygen atoms in total. The standard InChI is InChI=1S/2C13H15.C2H7Si.2CH3.Zr/c2*1-3-10-8-12-7-5-6-11(4-2)13(12)9-10;1-3-2;;;/h2*5-9H,3-4H2,1-2H3;3H,1-2H3;2*1H3;. The molecule has 2 aliphatic carbocycles. The molecule has 0 radical (unpaired) electrons. The molecule has 0 saturated heterocycles. The van der Waals surface area contributed by atoms with Crippen molar-refractivity contribution >= 4 is 18.1 Å². The molecule has 0 bridgehead atoms. The van der Waals surface area contributed by atoms with E-state index in [4.69, 9.17) is 0 Å². The predicted octanol–water partition coefficient (Wildman–Crippen LogP) is 8.98. The average Bonchev–Trinajstić information content (AvgIpc) is 3.37. The first kappa shape index (κ1) is 24.2. The van der Waals surface area contributed by atoms with Gasteiger partial charge in [-0.25, -0.2) is 0 Å². The molecule has 0 spiro atoms. The molecule has 2 heteroatoms. The van der Waals surface area contributed by atoms with Gasteiger partial charge in [0.1, 0.15) is 0 Å². The fraction of sp³-hybridized carbons (Fsp3) is 0.467. The summed E-state index contributed by atoms with van der Waals surface area (Å²) in [4.78, 5) is 0. The summed E-state index contributed by atoms with van der Waals surface area (Å²) in [6.07, 6.45) is 9.90. The first-order valence-corrected chi connectivity index (χ1v) is 28.0. The maximum absolute atomic E-state index is 3.42. The zero-order valence-electron chi connectivity index (χ0n) is 21.7. The molecule has 0 aromatic heterocycles. The molecule has 171 valence electrons. The van der Waals surface area contributed by atoms with Gasteiger partial charge in [-0.3, -0.25) is 0 Å². The zero-order chi connectivity index (χ0) is 23.3.